The van der Waals surface area contributed by atoms with Gasteiger partial charge in [0.15, 0.2) is 0 Å². The van der Waals surface area contributed by atoms with E-state index in [-0.39, 0.29) is 19.1 Å². The Balaban J connectivity index is 2.23. The standard InChI is InChI=1S/C11H17N7O2/c1-11(20,7-19)6-13-9-15-8(12-2)16-10(17-9)18-5-3-4-14-18/h3-5,19-20H,6-7H2,1-2H3,(H2,12,13,15,16,17). The third-order valence-corrected chi connectivity index (χ3v) is 2.52. The zero-order chi connectivity index (χ0) is 14.6. The first-order valence-corrected chi connectivity index (χ1v) is 6.05. The summed E-state index contributed by atoms with van der Waals surface area (Å²) in [6.45, 7) is 1.25. The van der Waals surface area contributed by atoms with E-state index in [1.165, 1.54) is 11.6 Å². The highest BCUT2D eigenvalue weighted by molar-refractivity contribution is 5.37. The summed E-state index contributed by atoms with van der Waals surface area (Å²) < 4.78 is 1.50. The molecular weight excluding hydrogens is 262 g/mol. The number of aliphatic hydroxyl groups excluding tert-OH is 1. The number of nitrogens with one attached hydrogen (secondary N) is 2. The van der Waals surface area contributed by atoms with E-state index in [0.29, 0.717) is 11.9 Å². The van der Waals surface area contributed by atoms with E-state index >= 15 is 0 Å². The molecule has 1 unspecified atom stereocenters. The molecule has 9 nitrogen and oxygen atoms in total. The molecule has 2 rings (SSSR count). The first kappa shape index (κ1) is 14.2. The number of hydrogen-bond donors (Lipinski definition) is 4. The Bertz CT molecular complexity index is 556. The summed E-state index contributed by atoms with van der Waals surface area (Å²) in [5, 5.41) is 28.5. The van der Waals surface area contributed by atoms with E-state index in [1.807, 2.05) is 0 Å². The summed E-state index contributed by atoms with van der Waals surface area (Å²) in [5.74, 6) is 1.00. The summed E-state index contributed by atoms with van der Waals surface area (Å²) in [4.78, 5) is 12.5. The Morgan fingerprint density at radius 1 is 1.30 bits per heavy atom. The van der Waals surface area contributed by atoms with Gasteiger partial charge >= 0.3 is 0 Å². The molecule has 0 amide bonds. The lowest BCUT2D eigenvalue weighted by Gasteiger charge is -2.20. The second-order valence-corrected chi connectivity index (χ2v) is 4.49. The molecule has 2 heterocycles. The lowest BCUT2D eigenvalue weighted by atomic mass is 10.1. The van der Waals surface area contributed by atoms with Crippen molar-refractivity contribution >= 4 is 11.9 Å². The van der Waals surface area contributed by atoms with Gasteiger partial charge in [0.05, 0.1) is 6.61 Å². The van der Waals surface area contributed by atoms with E-state index in [1.54, 1.807) is 25.5 Å². The lowest BCUT2D eigenvalue weighted by molar-refractivity contribution is 0.0131. The Morgan fingerprint density at radius 3 is 2.65 bits per heavy atom. The molecule has 0 bridgehead atoms. The quantitative estimate of drug-likeness (QED) is 0.545. The largest absolute Gasteiger partial charge is 0.393 e. The van der Waals surface area contributed by atoms with E-state index < -0.39 is 5.60 Å². The van der Waals surface area contributed by atoms with Crippen LogP contribution >= 0.6 is 0 Å². The predicted octanol–water partition coefficient (Wildman–Crippen LogP) is -0.746. The molecule has 0 fully saturated rings. The summed E-state index contributed by atoms with van der Waals surface area (Å²) in [6, 6.07) is 1.76. The second kappa shape index (κ2) is 5.80. The highest BCUT2D eigenvalue weighted by atomic mass is 16.3. The van der Waals surface area contributed by atoms with Gasteiger partial charge in [0, 0.05) is 26.0 Å². The maximum Gasteiger partial charge on any atom is 0.257 e. The van der Waals surface area contributed by atoms with Gasteiger partial charge < -0.3 is 20.8 Å². The van der Waals surface area contributed by atoms with Crippen molar-refractivity contribution in [3.63, 3.8) is 0 Å². The second-order valence-electron chi connectivity index (χ2n) is 4.49. The first-order valence-electron chi connectivity index (χ1n) is 6.05. The molecular formula is C11H17N7O2. The zero-order valence-corrected chi connectivity index (χ0v) is 11.3. The number of anilines is 2. The van der Waals surface area contributed by atoms with Crippen molar-refractivity contribution in [2.45, 2.75) is 12.5 Å². The fourth-order valence-electron chi connectivity index (χ4n) is 1.37. The Morgan fingerprint density at radius 2 is 2.05 bits per heavy atom. The Hall–Kier alpha value is -2.26. The number of hydrogen-bond acceptors (Lipinski definition) is 8. The fourth-order valence-corrected chi connectivity index (χ4v) is 1.37. The highest BCUT2D eigenvalue weighted by Gasteiger charge is 2.19. The molecule has 108 valence electrons. The molecule has 20 heavy (non-hydrogen) atoms. The molecule has 0 saturated heterocycles. The van der Waals surface area contributed by atoms with Crippen LogP contribution in [0.3, 0.4) is 0 Å². The van der Waals surface area contributed by atoms with E-state index in [0.717, 1.165) is 0 Å². The Labute approximate surface area is 115 Å². The fraction of sp³-hybridized carbons (Fsp3) is 0.455. The van der Waals surface area contributed by atoms with Gasteiger partial charge in [0.2, 0.25) is 11.9 Å². The molecule has 0 aliphatic carbocycles. The number of nitrogens with zero attached hydrogens (tertiary/aromatic N) is 5. The number of rotatable bonds is 6. The predicted molar refractivity (Wildman–Crippen MR) is 72.7 cm³/mol. The van der Waals surface area contributed by atoms with E-state index in [2.05, 4.69) is 30.7 Å². The van der Waals surface area contributed by atoms with Crippen molar-refractivity contribution in [1.82, 2.24) is 24.7 Å². The van der Waals surface area contributed by atoms with Crippen LogP contribution in [0.2, 0.25) is 0 Å². The van der Waals surface area contributed by atoms with Gasteiger partial charge in [-0.3, -0.25) is 0 Å². The van der Waals surface area contributed by atoms with E-state index in [9.17, 15) is 5.11 Å². The maximum absolute atomic E-state index is 9.75. The molecule has 0 aliphatic rings. The monoisotopic (exact) mass is 279 g/mol. The average molecular weight is 279 g/mol. The molecule has 4 N–H and O–H groups in total. The van der Waals surface area contributed by atoms with Crippen molar-refractivity contribution in [1.29, 1.82) is 0 Å². The van der Waals surface area contributed by atoms with Crippen LogP contribution in [0.15, 0.2) is 18.5 Å². The third kappa shape index (κ3) is 3.39. The molecule has 9 heteroatoms. The average Bonchev–Trinajstić information content (AvgIpc) is 2.99. The molecule has 0 saturated carbocycles. The normalized spacial score (nSPS) is 13.8. The van der Waals surface area contributed by atoms with Gasteiger partial charge in [-0.25, -0.2) is 4.68 Å². The Kier molecular flexibility index (Phi) is 4.11. The van der Waals surface area contributed by atoms with Crippen molar-refractivity contribution in [2.75, 3.05) is 30.8 Å². The molecule has 0 radical (unpaired) electrons. The molecule has 2 aromatic rings. The SMILES string of the molecule is CNc1nc(NCC(C)(O)CO)nc(-n2cccn2)n1. The van der Waals surface area contributed by atoms with Crippen LogP contribution in [-0.2, 0) is 0 Å². The highest BCUT2D eigenvalue weighted by Crippen LogP contribution is 2.10. The van der Waals surface area contributed by atoms with Gasteiger partial charge in [0.25, 0.3) is 5.95 Å². The van der Waals surface area contributed by atoms with Crippen molar-refractivity contribution < 1.29 is 10.2 Å². The van der Waals surface area contributed by atoms with Crippen molar-refractivity contribution in [3.05, 3.63) is 18.5 Å². The van der Waals surface area contributed by atoms with Crippen LogP contribution in [0.1, 0.15) is 6.92 Å². The van der Waals surface area contributed by atoms with Crippen LogP contribution in [0.4, 0.5) is 11.9 Å². The summed E-state index contributed by atoms with van der Waals surface area (Å²) in [5.41, 5.74) is -1.25. The van der Waals surface area contributed by atoms with Crippen LogP contribution in [-0.4, -0.2) is 60.7 Å². The van der Waals surface area contributed by atoms with Gasteiger partial charge in [-0.15, -0.1) is 0 Å². The zero-order valence-electron chi connectivity index (χ0n) is 11.3. The topological polar surface area (TPSA) is 121 Å². The lowest BCUT2D eigenvalue weighted by Crippen LogP contribution is -2.37. The summed E-state index contributed by atoms with van der Waals surface area (Å²) in [7, 11) is 1.69. The number of aromatic nitrogens is 5. The van der Waals surface area contributed by atoms with Crippen LogP contribution in [0.5, 0.6) is 0 Å². The first-order chi connectivity index (χ1) is 9.54. The van der Waals surface area contributed by atoms with Gasteiger partial charge in [-0.2, -0.15) is 20.1 Å². The minimum atomic E-state index is -1.25. The molecule has 1 atom stereocenters. The number of aliphatic hydroxyl groups is 2. The smallest absolute Gasteiger partial charge is 0.257 e. The van der Waals surface area contributed by atoms with Crippen LogP contribution < -0.4 is 10.6 Å². The van der Waals surface area contributed by atoms with Crippen molar-refractivity contribution in [3.8, 4) is 5.95 Å². The van der Waals surface area contributed by atoms with Gasteiger partial charge in [-0.05, 0) is 13.0 Å². The molecule has 2 aromatic heterocycles. The summed E-state index contributed by atoms with van der Waals surface area (Å²) >= 11 is 0. The minimum absolute atomic E-state index is 0.106. The molecule has 0 aliphatic heterocycles. The van der Waals surface area contributed by atoms with Crippen LogP contribution in [0, 0.1) is 0 Å². The van der Waals surface area contributed by atoms with Crippen LogP contribution in [0.25, 0.3) is 5.95 Å². The van der Waals surface area contributed by atoms with Gasteiger partial charge in [-0.1, -0.05) is 0 Å². The summed E-state index contributed by atoms with van der Waals surface area (Å²) in [6.07, 6.45) is 3.33. The maximum atomic E-state index is 9.75. The third-order valence-electron chi connectivity index (χ3n) is 2.52. The van der Waals surface area contributed by atoms with Gasteiger partial charge in [0.1, 0.15) is 5.60 Å². The van der Waals surface area contributed by atoms with E-state index in [4.69, 9.17) is 5.11 Å². The van der Waals surface area contributed by atoms with Crippen molar-refractivity contribution in [2.24, 2.45) is 0 Å². The minimum Gasteiger partial charge on any atom is -0.393 e. The molecule has 0 aromatic carbocycles. The molecule has 0 spiro atoms.